The quantitative estimate of drug-likeness (QED) is 0.721. The van der Waals surface area contributed by atoms with Gasteiger partial charge in [-0.1, -0.05) is 19.8 Å². The van der Waals surface area contributed by atoms with Crippen LogP contribution in [0, 0.1) is 11.8 Å². The molecule has 3 nitrogen and oxygen atoms in total. The van der Waals surface area contributed by atoms with Crippen molar-refractivity contribution in [1.29, 1.82) is 0 Å². The van der Waals surface area contributed by atoms with E-state index in [9.17, 15) is 4.79 Å². The van der Waals surface area contributed by atoms with Crippen molar-refractivity contribution in [3.63, 3.8) is 0 Å². The second-order valence-corrected chi connectivity index (χ2v) is 4.76. The van der Waals surface area contributed by atoms with E-state index in [1.165, 1.54) is 12.8 Å². The summed E-state index contributed by atoms with van der Waals surface area (Å²) in [5, 5.41) is 3.33. The molecule has 0 amide bonds. The first-order valence-electron chi connectivity index (χ1n) is 6.15. The van der Waals surface area contributed by atoms with E-state index >= 15 is 0 Å². The van der Waals surface area contributed by atoms with Gasteiger partial charge in [0.05, 0.1) is 19.1 Å². The summed E-state index contributed by atoms with van der Waals surface area (Å²) in [6.45, 7) is 4.32. The van der Waals surface area contributed by atoms with Crippen LogP contribution in [0.3, 0.4) is 0 Å². The molecule has 2 unspecified atom stereocenters. The Balaban J connectivity index is 1.76. The Morgan fingerprint density at radius 2 is 2.20 bits per heavy atom. The first-order chi connectivity index (χ1) is 7.31. The average Bonchev–Trinajstić information content (AvgIpc) is 2.95. The zero-order valence-corrected chi connectivity index (χ0v) is 9.50. The minimum atomic E-state index is 0.115. The average molecular weight is 211 g/mol. The molecule has 1 aliphatic heterocycles. The summed E-state index contributed by atoms with van der Waals surface area (Å²) >= 11 is 0. The van der Waals surface area contributed by atoms with Crippen LogP contribution in [-0.4, -0.2) is 31.6 Å². The molecule has 2 rings (SSSR count). The smallest absolute Gasteiger partial charge is 0.139 e. The van der Waals surface area contributed by atoms with E-state index < -0.39 is 0 Å². The van der Waals surface area contributed by atoms with Gasteiger partial charge in [-0.15, -0.1) is 0 Å². The fourth-order valence-corrected chi connectivity index (χ4v) is 2.27. The monoisotopic (exact) mass is 211 g/mol. The normalized spacial score (nSPS) is 30.7. The standard InChI is InChI=1S/C12H21NO2/c1-2-13-11-8-15-7-10(11)12(14)6-5-9-3-4-9/h9-11,13H,2-8H2,1H3. The van der Waals surface area contributed by atoms with Gasteiger partial charge in [-0.05, 0) is 18.9 Å². The van der Waals surface area contributed by atoms with E-state index in [1.807, 2.05) is 0 Å². The van der Waals surface area contributed by atoms with Gasteiger partial charge in [-0.25, -0.2) is 0 Å². The van der Waals surface area contributed by atoms with Crippen LogP contribution in [0.4, 0.5) is 0 Å². The molecule has 0 radical (unpaired) electrons. The number of Topliss-reactive ketones (excluding diaryl/α,β-unsaturated/α-hetero) is 1. The van der Waals surface area contributed by atoms with E-state index in [0.717, 1.165) is 25.3 Å². The van der Waals surface area contributed by atoms with Gasteiger partial charge in [0.25, 0.3) is 0 Å². The second kappa shape index (κ2) is 5.08. The number of ketones is 1. The van der Waals surface area contributed by atoms with Crippen molar-refractivity contribution in [2.75, 3.05) is 19.8 Å². The fraction of sp³-hybridized carbons (Fsp3) is 0.917. The Morgan fingerprint density at radius 1 is 1.40 bits per heavy atom. The summed E-state index contributed by atoms with van der Waals surface area (Å²) in [4.78, 5) is 11.9. The molecule has 2 aliphatic rings. The molecule has 1 saturated heterocycles. The van der Waals surface area contributed by atoms with Gasteiger partial charge in [0.15, 0.2) is 0 Å². The van der Waals surface area contributed by atoms with Gasteiger partial charge in [-0.3, -0.25) is 4.79 Å². The van der Waals surface area contributed by atoms with Crippen molar-refractivity contribution >= 4 is 5.78 Å². The second-order valence-electron chi connectivity index (χ2n) is 4.76. The van der Waals surface area contributed by atoms with E-state index in [-0.39, 0.29) is 12.0 Å². The predicted molar refractivity (Wildman–Crippen MR) is 58.7 cm³/mol. The lowest BCUT2D eigenvalue weighted by Crippen LogP contribution is -2.39. The summed E-state index contributed by atoms with van der Waals surface area (Å²) in [5.41, 5.74) is 0. The first-order valence-corrected chi connectivity index (χ1v) is 6.15. The number of nitrogens with one attached hydrogen (secondary N) is 1. The van der Waals surface area contributed by atoms with Crippen LogP contribution in [0.1, 0.15) is 32.6 Å². The van der Waals surface area contributed by atoms with Gasteiger partial charge >= 0.3 is 0 Å². The van der Waals surface area contributed by atoms with E-state index in [4.69, 9.17) is 4.74 Å². The van der Waals surface area contributed by atoms with Gasteiger partial charge < -0.3 is 10.1 Å². The summed E-state index contributed by atoms with van der Waals surface area (Å²) in [6, 6.07) is 0.265. The van der Waals surface area contributed by atoms with Crippen LogP contribution < -0.4 is 5.32 Å². The molecule has 0 spiro atoms. The Bertz CT molecular complexity index is 226. The zero-order chi connectivity index (χ0) is 10.7. The number of rotatable bonds is 6. The van der Waals surface area contributed by atoms with Crippen molar-refractivity contribution in [2.24, 2.45) is 11.8 Å². The third-order valence-corrected chi connectivity index (χ3v) is 3.46. The molecule has 3 heteroatoms. The van der Waals surface area contributed by atoms with Crippen LogP contribution in [0.25, 0.3) is 0 Å². The molecule has 0 bridgehead atoms. The van der Waals surface area contributed by atoms with Crippen molar-refractivity contribution < 1.29 is 9.53 Å². The molecule has 1 N–H and O–H groups in total. The fourth-order valence-electron chi connectivity index (χ4n) is 2.27. The summed E-state index contributed by atoms with van der Waals surface area (Å²) in [6.07, 6.45) is 4.55. The zero-order valence-electron chi connectivity index (χ0n) is 9.50. The van der Waals surface area contributed by atoms with Crippen molar-refractivity contribution in [2.45, 2.75) is 38.6 Å². The van der Waals surface area contributed by atoms with Crippen molar-refractivity contribution in [3.05, 3.63) is 0 Å². The third kappa shape index (κ3) is 3.02. The predicted octanol–water partition coefficient (Wildman–Crippen LogP) is 1.37. The maximum atomic E-state index is 11.9. The molecule has 1 aliphatic carbocycles. The van der Waals surface area contributed by atoms with Crippen LogP contribution in [-0.2, 0) is 9.53 Å². The molecule has 15 heavy (non-hydrogen) atoms. The molecular weight excluding hydrogens is 190 g/mol. The molecule has 1 heterocycles. The highest BCUT2D eigenvalue weighted by atomic mass is 16.5. The van der Waals surface area contributed by atoms with Crippen molar-refractivity contribution in [3.8, 4) is 0 Å². The van der Waals surface area contributed by atoms with E-state index in [0.29, 0.717) is 19.0 Å². The minimum Gasteiger partial charge on any atom is -0.379 e. The molecule has 0 aromatic heterocycles. The lowest BCUT2D eigenvalue weighted by atomic mass is 9.94. The maximum absolute atomic E-state index is 11.9. The van der Waals surface area contributed by atoms with Gasteiger partial charge in [0.1, 0.15) is 5.78 Å². The highest BCUT2D eigenvalue weighted by molar-refractivity contribution is 5.82. The number of hydrogen-bond donors (Lipinski definition) is 1. The third-order valence-electron chi connectivity index (χ3n) is 3.46. The van der Waals surface area contributed by atoms with Crippen LogP contribution in [0.15, 0.2) is 0 Å². The topological polar surface area (TPSA) is 38.3 Å². The van der Waals surface area contributed by atoms with Crippen LogP contribution >= 0.6 is 0 Å². The summed E-state index contributed by atoms with van der Waals surface area (Å²) < 4.78 is 5.38. The minimum absolute atomic E-state index is 0.115. The lowest BCUT2D eigenvalue weighted by Gasteiger charge is -2.16. The Kier molecular flexibility index (Phi) is 3.76. The van der Waals surface area contributed by atoms with Crippen LogP contribution in [0.2, 0.25) is 0 Å². The molecule has 0 aromatic carbocycles. The van der Waals surface area contributed by atoms with Crippen molar-refractivity contribution in [1.82, 2.24) is 5.32 Å². The van der Waals surface area contributed by atoms with E-state index in [2.05, 4.69) is 12.2 Å². The molecule has 2 atom stereocenters. The van der Waals surface area contributed by atoms with Gasteiger partial charge in [0.2, 0.25) is 0 Å². The summed E-state index contributed by atoms with van der Waals surface area (Å²) in [7, 11) is 0. The first kappa shape index (κ1) is 11.1. The molecular formula is C12H21NO2. The largest absolute Gasteiger partial charge is 0.379 e. The van der Waals surface area contributed by atoms with E-state index in [1.54, 1.807) is 0 Å². The number of ether oxygens (including phenoxy) is 1. The van der Waals surface area contributed by atoms with Gasteiger partial charge in [0, 0.05) is 12.5 Å². The Labute approximate surface area is 91.6 Å². The lowest BCUT2D eigenvalue weighted by molar-refractivity contribution is -0.123. The van der Waals surface area contributed by atoms with Gasteiger partial charge in [-0.2, -0.15) is 0 Å². The molecule has 1 saturated carbocycles. The van der Waals surface area contributed by atoms with Crippen LogP contribution in [0.5, 0.6) is 0 Å². The number of likely N-dealkylation sites (N-methyl/N-ethyl adjacent to an activating group) is 1. The SMILES string of the molecule is CCNC1COCC1C(=O)CCC1CC1. The molecule has 0 aromatic rings. The highest BCUT2D eigenvalue weighted by Gasteiger charge is 2.33. The highest BCUT2D eigenvalue weighted by Crippen LogP contribution is 2.34. The Hall–Kier alpha value is -0.410. The number of carbonyl (C=O) groups excluding carboxylic acids is 1. The number of carbonyl (C=O) groups is 1. The summed E-state index contributed by atoms with van der Waals surface area (Å²) in [5.74, 6) is 1.38. The molecule has 2 fully saturated rings. The maximum Gasteiger partial charge on any atom is 0.139 e. The molecule has 86 valence electrons. The Morgan fingerprint density at radius 3 is 2.87 bits per heavy atom. The number of hydrogen-bond acceptors (Lipinski definition) is 3.